The van der Waals surface area contributed by atoms with Gasteiger partial charge in [0, 0.05) is 11.3 Å². The molecule has 19 heavy (non-hydrogen) atoms. The Morgan fingerprint density at radius 3 is 2.00 bits per heavy atom. The molecule has 1 aliphatic rings. The second kappa shape index (κ2) is 4.43. The Kier molecular flexibility index (Phi) is 2.99. The van der Waals surface area contributed by atoms with E-state index < -0.39 is 0 Å². The van der Waals surface area contributed by atoms with Gasteiger partial charge in [-0.15, -0.1) is 0 Å². The third-order valence-corrected chi connectivity index (χ3v) is 4.53. The molecule has 3 rings (SSSR count). The first-order chi connectivity index (χ1) is 8.99. The number of hydrogen-bond donors (Lipinski definition) is 1. The molecule has 1 nitrogen and oxygen atoms in total. The normalized spacial score (nSPS) is 16.4. The van der Waals surface area contributed by atoms with Gasteiger partial charge in [0.25, 0.3) is 0 Å². The summed E-state index contributed by atoms with van der Waals surface area (Å²) >= 11 is 12.5. The van der Waals surface area contributed by atoms with Gasteiger partial charge in [-0.1, -0.05) is 54.4 Å². The van der Waals surface area contributed by atoms with Crippen LogP contribution in [0, 0.1) is 0 Å². The molecular weight excluding hydrogens is 277 g/mol. The van der Waals surface area contributed by atoms with Gasteiger partial charge in [0.1, 0.15) is 0 Å². The number of halogens is 2. The minimum atomic E-state index is 0.382. The van der Waals surface area contributed by atoms with Crippen molar-refractivity contribution in [2.24, 2.45) is 0 Å². The number of nitrogen functional groups attached to an aromatic ring is 1. The van der Waals surface area contributed by atoms with Gasteiger partial charge >= 0.3 is 0 Å². The summed E-state index contributed by atoms with van der Waals surface area (Å²) in [6, 6.07) is 12.0. The van der Waals surface area contributed by atoms with E-state index in [0.29, 0.717) is 21.1 Å². The molecule has 0 bridgehead atoms. The van der Waals surface area contributed by atoms with E-state index in [9.17, 15) is 0 Å². The Bertz CT molecular complexity index is 605. The van der Waals surface area contributed by atoms with Crippen LogP contribution in [0.4, 0.5) is 5.69 Å². The molecule has 0 aromatic heterocycles. The second-order valence-corrected chi connectivity index (χ2v) is 6.31. The van der Waals surface area contributed by atoms with E-state index in [1.165, 1.54) is 18.4 Å². The van der Waals surface area contributed by atoms with Crippen molar-refractivity contribution in [1.82, 2.24) is 0 Å². The predicted molar refractivity (Wildman–Crippen MR) is 82.9 cm³/mol. The van der Waals surface area contributed by atoms with Crippen LogP contribution in [0.5, 0.6) is 0 Å². The molecule has 0 radical (unpaired) electrons. The molecule has 0 atom stereocenters. The molecule has 0 amide bonds. The largest absolute Gasteiger partial charge is 0.399 e. The van der Waals surface area contributed by atoms with Crippen molar-refractivity contribution in [2.75, 3.05) is 5.73 Å². The third-order valence-electron chi connectivity index (χ3n) is 3.93. The van der Waals surface area contributed by atoms with Gasteiger partial charge in [-0.25, -0.2) is 0 Å². The van der Waals surface area contributed by atoms with Crippen LogP contribution < -0.4 is 5.73 Å². The zero-order valence-corrected chi connectivity index (χ0v) is 12.2. The Balaban J connectivity index is 2.03. The lowest BCUT2D eigenvalue weighted by Crippen LogP contribution is -1.98. The van der Waals surface area contributed by atoms with Gasteiger partial charge in [0.2, 0.25) is 0 Å². The van der Waals surface area contributed by atoms with Crippen molar-refractivity contribution in [2.45, 2.75) is 25.2 Å². The smallest absolute Gasteiger partial charge is 0.0519 e. The molecule has 0 heterocycles. The number of nitrogens with two attached hydrogens (primary N) is 1. The van der Waals surface area contributed by atoms with E-state index in [4.69, 9.17) is 28.9 Å². The maximum atomic E-state index is 6.25. The SMILES string of the molecule is CC1(c2ccc(-c3c(Cl)cc(N)cc3Cl)cc2)CC1. The Labute approximate surface area is 123 Å². The van der Waals surface area contributed by atoms with Gasteiger partial charge in [0.15, 0.2) is 0 Å². The molecule has 1 saturated carbocycles. The number of hydrogen-bond acceptors (Lipinski definition) is 1. The van der Waals surface area contributed by atoms with Crippen molar-refractivity contribution in [1.29, 1.82) is 0 Å². The Morgan fingerprint density at radius 1 is 1.00 bits per heavy atom. The van der Waals surface area contributed by atoms with E-state index in [2.05, 4.69) is 31.2 Å². The van der Waals surface area contributed by atoms with Crippen LogP contribution in [0.1, 0.15) is 25.3 Å². The summed E-state index contributed by atoms with van der Waals surface area (Å²) in [5.41, 5.74) is 9.96. The van der Waals surface area contributed by atoms with Gasteiger partial charge in [-0.2, -0.15) is 0 Å². The van der Waals surface area contributed by atoms with Crippen LogP contribution in [-0.4, -0.2) is 0 Å². The predicted octanol–water partition coefficient (Wildman–Crippen LogP) is 5.29. The van der Waals surface area contributed by atoms with Crippen LogP contribution in [0.25, 0.3) is 11.1 Å². The van der Waals surface area contributed by atoms with Crippen LogP contribution in [-0.2, 0) is 5.41 Å². The minimum absolute atomic E-state index is 0.382. The number of anilines is 1. The first kappa shape index (κ1) is 12.8. The molecule has 2 aromatic carbocycles. The first-order valence-corrected chi connectivity index (χ1v) is 7.11. The van der Waals surface area contributed by atoms with E-state index in [1.807, 2.05) is 0 Å². The first-order valence-electron chi connectivity index (χ1n) is 6.35. The molecule has 2 aromatic rings. The summed E-state index contributed by atoms with van der Waals surface area (Å²) in [5.74, 6) is 0. The third kappa shape index (κ3) is 2.33. The quantitative estimate of drug-likeness (QED) is 0.747. The summed E-state index contributed by atoms with van der Waals surface area (Å²) in [4.78, 5) is 0. The molecule has 3 heteroatoms. The standard InChI is InChI=1S/C16H15Cl2N/c1-16(6-7-16)11-4-2-10(3-5-11)15-13(17)8-12(19)9-14(15)18/h2-5,8-9H,6-7,19H2,1H3. The molecule has 1 fully saturated rings. The van der Waals surface area contributed by atoms with Crippen molar-refractivity contribution < 1.29 is 0 Å². The van der Waals surface area contributed by atoms with Crippen molar-refractivity contribution in [3.05, 3.63) is 52.0 Å². The Hall–Kier alpha value is -1.18. The number of rotatable bonds is 2. The van der Waals surface area contributed by atoms with Crippen LogP contribution >= 0.6 is 23.2 Å². The van der Waals surface area contributed by atoms with Crippen molar-refractivity contribution >= 4 is 28.9 Å². The van der Waals surface area contributed by atoms with Crippen molar-refractivity contribution in [3.63, 3.8) is 0 Å². The van der Waals surface area contributed by atoms with Gasteiger partial charge in [-0.05, 0) is 41.5 Å². The zero-order valence-electron chi connectivity index (χ0n) is 10.7. The zero-order chi connectivity index (χ0) is 13.6. The monoisotopic (exact) mass is 291 g/mol. The fourth-order valence-corrected chi connectivity index (χ4v) is 3.11. The summed E-state index contributed by atoms with van der Waals surface area (Å²) in [6.07, 6.45) is 2.55. The van der Waals surface area contributed by atoms with Gasteiger partial charge in [-0.3, -0.25) is 0 Å². The molecule has 98 valence electrons. The molecule has 1 aliphatic carbocycles. The van der Waals surface area contributed by atoms with Crippen molar-refractivity contribution in [3.8, 4) is 11.1 Å². The van der Waals surface area contributed by atoms with Crippen LogP contribution in [0.15, 0.2) is 36.4 Å². The fraction of sp³-hybridized carbons (Fsp3) is 0.250. The summed E-state index contributed by atoms with van der Waals surface area (Å²) < 4.78 is 0. The van der Waals surface area contributed by atoms with Gasteiger partial charge in [0.05, 0.1) is 10.0 Å². The second-order valence-electron chi connectivity index (χ2n) is 5.50. The highest BCUT2D eigenvalue weighted by Gasteiger charge is 2.38. The van der Waals surface area contributed by atoms with Gasteiger partial charge < -0.3 is 5.73 Å². The lowest BCUT2D eigenvalue weighted by molar-refractivity contribution is 0.788. The van der Waals surface area contributed by atoms with E-state index >= 15 is 0 Å². The summed E-state index contributed by atoms with van der Waals surface area (Å²) in [7, 11) is 0. The highest BCUT2D eigenvalue weighted by atomic mass is 35.5. The topological polar surface area (TPSA) is 26.0 Å². The average molecular weight is 292 g/mol. The molecule has 0 saturated heterocycles. The lowest BCUT2D eigenvalue weighted by atomic mass is 9.95. The maximum absolute atomic E-state index is 6.25. The van der Waals surface area contributed by atoms with Crippen LogP contribution in [0.3, 0.4) is 0 Å². The highest BCUT2D eigenvalue weighted by molar-refractivity contribution is 6.39. The maximum Gasteiger partial charge on any atom is 0.0519 e. The van der Waals surface area contributed by atoms with E-state index in [1.54, 1.807) is 12.1 Å². The average Bonchev–Trinajstić information content (AvgIpc) is 3.08. The highest BCUT2D eigenvalue weighted by Crippen LogP contribution is 2.48. The van der Waals surface area contributed by atoms with Crippen LogP contribution in [0.2, 0.25) is 10.0 Å². The fourth-order valence-electron chi connectivity index (χ4n) is 2.38. The molecule has 2 N–H and O–H groups in total. The lowest BCUT2D eigenvalue weighted by Gasteiger charge is -2.12. The number of benzene rings is 2. The summed E-state index contributed by atoms with van der Waals surface area (Å²) in [6.45, 7) is 2.30. The minimum Gasteiger partial charge on any atom is -0.399 e. The molecule has 0 spiro atoms. The molecule has 0 unspecified atom stereocenters. The molecular formula is C16H15Cl2N. The Morgan fingerprint density at radius 2 is 1.53 bits per heavy atom. The van der Waals surface area contributed by atoms with E-state index in [-0.39, 0.29) is 0 Å². The van der Waals surface area contributed by atoms with E-state index in [0.717, 1.165) is 11.1 Å². The molecule has 0 aliphatic heterocycles. The summed E-state index contributed by atoms with van der Waals surface area (Å²) in [5, 5.41) is 1.19.